The second kappa shape index (κ2) is 10.1. The minimum absolute atomic E-state index is 0.162. The average molecular weight is 470 g/mol. The molecule has 7 heteroatoms. The number of pyridine rings is 1. The Kier molecular flexibility index (Phi) is 6.56. The number of amides is 1. The predicted molar refractivity (Wildman–Crippen MR) is 140 cm³/mol. The maximum absolute atomic E-state index is 12.9. The molecule has 3 N–H and O–H groups in total. The van der Waals surface area contributed by atoms with E-state index >= 15 is 0 Å². The lowest BCUT2D eigenvalue weighted by Gasteiger charge is -2.35. The van der Waals surface area contributed by atoms with Gasteiger partial charge in [-0.3, -0.25) is 9.69 Å². The molecule has 0 radical (unpaired) electrons. The normalized spacial score (nSPS) is 14.2. The van der Waals surface area contributed by atoms with Gasteiger partial charge in [0.1, 0.15) is 5.82 Å². The molecule has 1 aliphatic heterocycles. The summed E-state index contributed by atoms with van der Waals surface area (Å²) in [6.45, 7) is 4.76. The summed E-state index contributed by atoms with van der Waals surface area (Å²) in [5.74, 6) is 0.879. The Morgan fingerprint density at radius 2 is 1.79 bits per heavy atom. The number of thiophene rings is 1. The molecule has 1 fully saturated rings. The number of aromatic nitrogens is 1. The molecule has 0 spiro atoms. The van der Waals surface area contributed by atoms with Crippen molar-refractivity contribution in [3.63, 3.8) is 0 Å². The first-order chi connectivity index (χ1) is 16.7. The average Bonchev–Trinajstić information content (AvgIpc) is 3.42. The minimum Gasteiger partial charge on any atom is -0.397 e. The summed E-state index contributed by atoms with van der Waals surface area (Å²) in [5.41, 5.74) is 10.2. The van der Waals surface area contributed by atoms with E-state index in [1.807, 2.05) is 72.2 Å². The molecule has 0 saturated carbocycles. The molecular formula is C27H27N5OS. The molecule has 0 aliphatic carbocycles. The molecular weight excluding hydrogens is 442 g/mol. The highest BCUT2D eigenvalue weighted by atomic mass is 32.1. The molecule has 2 aromatic carbocycles. The van der Waals surface area contributed by atoms with E-state index in [2.05, 4.69) is 32.2 Å². The highest BCUT2D eigenvalue weighted by Gasteiger charge is 2.18. The summed E-state index contributed by atoms with van der Waals surface area (Å²) in [6, 6.07) is 23.7. The molecule has 0 atom stereocenters. The van der Waals surface area contributed by atoms with Crippen LogP contribution in [-0.4, -0.2) is 42.0 Å². The number of nitrogens with zero attached hydrogens (tertiary/aromatic N) is 3. The van der Waals surface area contributed by atoms with E-state index in [1.54, 1.807) is 11.3 Å². The quantitative estimate of drug-likeness (QED) is 0.390. The Hall–Kier alpha value is -3.68. The maximum Gasteiger partial charge on any atom is 0.255 e. The molecule has 6 nitrogen and oxygen atoms in total. The molecule has 172 valence electrons. The predicted octanol–water partition coefficient (Wildman–Crippen LogP) is 4.97. The van der Waals surface area contributed by atoms with Crippen LogP contribution < -0.4 is 16.0 Å². The number of rotatable bonds is 6. The molecule has 4 aromatic rings. The van der Waals surface area contributed by atoms with Crippen molar-refractivity contribution < 1.29 is 4.79 Å². The third-order valence-corrected chi connectivity index (χ3v) is 6.99. The van der Waals surface area contributed by atoms with Gasteiger partial charge >= 0.3 is 0 Å². The first-order valence-corrected chi connectivity index (χ1v) is 12.3. The van der Waals surface area contributed by atoms with Gasteiger partial charge in [-0.2, -0.15) is 0 Å². The maximum atomic E-state index is 12.9. The van der Waals surface area contributed by atoms with Crippen LogP contribution >= 0.6 is 11.3 Å². The van der Waals surface area contributed by atoms with Gasteiger partial charge in [0.2, 0.25) is 0 Å². The van der Waals surface area contributed by atoms with Crippen LogP contribution in [0.3, 0.4) is 0 Å². The smallest absolute Gasteiger partial charge is 0.255 e. The number of nitrogens with two attached hydrogens (primary N) is 1. The minimum atomic E-state index is -0.162. The Bertz CT molecular complexity index is 1230. The Morgan fingerprint density at radius 3 is 2.50 bits per heavy atom. The van der Waals surface area contributed by atoms with Crippen molar-refractivity contribution in [2.24, 2.45) is 0 Å². The number of anilines is 3. The second-order valence-corrected chi connectivity index (χ2v) is 9.33. The fourth-order valence-corrected chi connectivity index (χ4v) is 4.87. The topological polar surface area (TPSA) is 74.5 Å². The number of carbonyl (C=O) groups excluding carboxylic acids is 1. The lowest BCUT2D eigenvalue weighted by atomic mass is 10.1. The molecule has 1 saturated heterocycles. The van der Waals surface area contributed by atoms with Gasteiger partial charge in [0.25, 0.3) is 5.91 Å². The van der Waals surface area contributed by atoms with Gasteiger partial charge in [-0.25, -0.2) is 4.98 Å². The summed E-state index contributed by atoms with van der Waals surface area (Å²) >= 11 is 1.66. The Labute approximate surface area is 203 Å². The zero-order valence-electron chi connectivity index (χ0n) is 18.9. The molecule has 0 unspecified atom stereocenters. The second-order valence-electron chi connectivity index (χ2n) is 8.38. The SMILES string of the molecule is Nc1ccc(-c2cccs2)cc1NC(=O)c1ccc(CN2CCN(c3ccccn3)CC2)cc1. The number of hydrogen-bond acceptors (Lipinski definition) is 6. The monoisotopic (exact) mass is 469 g/mol. The standard InChI is InChI=1S/C27H27N5OS/c28-23-11-10-22(25-4-3-17-34-25)18-24(23)30-27(33)21-8-6-20(7-9-21)19-31-13-15-32(16-14-31)26-5-1-2-12-29-26/h1-12,17-18H,13-16,19,28H2,(H,30,33). The van der Waals surface area contributed by atoms with E-state index in [0.717, 1.165) is 49.0 Å². The molecule has 1 amide bonds. The summed E-state index contributed by atoms with van der Waals surface area (Å²) < 4.78 is 0. The van der Waals surface area contributed by atoms with Crippen molar-refractivity contribution in [3.05, 3.63) is 95.5 Å². The Morgan fingerprint density at radius 1 is 0.971 bits per heavy atom. The molecule has 3 heterocycles. The number of benzene rings is 2. The Balaban J connectivity index is 1.18. The van der Waals surface area contributed by atoms with E-state index in [4.69, 9.17) is 5.73 Å². The van der Waals surface area contributed by atoms with Gasteiger partial charge in [-0.1, -0.05) is 30.3 Å². The third kappa shape index (κ3) is 5.11. The van der Waals surface area contributed by atoms with Gasteiger partial charge in [0.15, 0.2) is 0 Å². The zero-order chi connectivity index (χ0) is 23.3. The zero-order valence-corrected chi connectivity index (χ0v) is 19.7. The summed E-state index contributed by atoms with van der Waals surface area (Å²) in [6.07, 6.45) is 1.84. The van der Waals surface area contributed by atoms with E-state index in [-0.39, 0.29) is 5.91 Å². The highest BCUT2D eigenvalue weighted by Crippen LogP contribution is 2.30. The van der Waals surface area contributed by atoms with Gasteiger partial charge < -0.3 is 16.0 Å². The lowest BCUT2D eigenvalue weighted by Crippen LogP contribution is -2.46. The number of piperazine rings is 1. The van der Waals surface area contributed by atoms with Crippen molar-refractivity contribution >= 4 is 34.4 Å². The number of hydrogen-bond donors (Lipinski definition) is 2. The van der Waals surface area contributed by atoms with E-state index in [1.165, 1.54) is 5.56 Å². The van der Waals surface area contributed by atoms with Crippen LogP contribution in [0.15, 0.2) is 84.4 Å². The van der Waals surface area contributed by atoms with Gasteiger partial charge in [-0.05, 0) is 59.0 Å². The molecule has 2 aromatic heterocycles. The largest absolute Gasteiger partial charge is 0.397 e. The highest BCUT2D eigenvalue weighted by molar-refractivity contribution is 7.13. The van der Waals surface area contributed by atoms with Crippen molar-refractivity contribution in [1.29, 1.82) is 0 Å². The van der Waals surface area contributed by atoms with Crippen LogP contribution in [0.25, 0.3) is 10.4 Å². The van der Waals surface area contributed by atoms with Crippen molar-refractivity contribution in [2.45, 2.75) is 6.54 Å². The van der Waals surface area contributed by atoms with Crippen molar-refractivity contribution in [2.75, 3.05) is 42.1 Å². The summed E-state index contributed by atoms with van der Waals surface area (Å²) in [7, 11) is 0. The van der Waals surface area contributed by atoms with Crippen LogP contribution in [0.2, 0.25) is 0 Å². The first-order valence-electron chi connectivity index (χ1n) is 11.4. The van der Waals surface area contributed by atoms with Crippen LogP contribution in [0.4, 0.5) is 17.2 Å². The van der Waals surface area contributed by atoms with Gasteiger partial charge in [0, 0.05) is 49.4 Å². The van der Waals surface area contributed by atoms with Crippen LogP contribution in [-0.2, 0) is 6.54 Å². The first kappa shape index (κ1) is 22.1. The summed E-state index contributed by atoms with van der Waals surface area (Å²) in [5, 5.41) is 5.00. The number of carbonyl (C=O) groups is 1. The number of nitrogen functional groups attached to an aromatic ring is 1. The van der Waals surface area contributed by atoms with Crippen molar-refractivity contribution in [1.82, 2.24) is 9.88 Å². The third-order valence-electron chi connectivity index (χ3n) is 6.08. The van der Waals surface area contributed by atoms with Crippen LogP contribution in [0, 0.1) is 0 Å². The van der Waals surface area contributed by atoms with E-state index in [9.17, 15) is 4.79 Å². The molecule has 0 bridgehead atoms. The molecule has 5 rings (SSSR count). The number of nitrogens with one attached hydrogen (secondary N) is 1. The van der Waals surface area contributed by atoms with Gasteiger partial charge in [0.05, 0.1) is 11.4 Å². The van der Waals surface area contributed by atoms with Crippen LogP contribution in [0.5, 0.6) is 0 Å². The van der Waals surface area contributed by atoms with Gasteiger partial charge in [-0.15, -0.1) is 11.3 Å². The fraction of sp³-hybridized carbons (Fsp3) is 0.185. The summed E-state index contributed by atoms with van der Waals surface area (Å²) in [4.78, 5) is 23.2. The molecule has 1 aliphatic rings. The van der Waals surface area contributed by atoms with Crippen molar-refractivity contribution in [3.8, 4) is 10.4 Å². The lowest BCUT2D eigenvalue weighted by molar-refractivity contribution is 0.102. The molecule has 34 heavy (non-hydrogen) atoms. The van der Waals surface area contributed by atoms with E-state index in [0.29, 0.717) is 16.9 Å². The van der Waals surface area contributed by atoms with Crippen LogP contribution in [0.1, 0.15) is 15.9 Å². The van der Waals surface area contributed by atoms with E-state index < -0.39 is 0 Å². The fourth-order valence-electron chi connectivity index (χ4n) is 4.15.